The highest BCUT2D eigenvalue weighted by Gasteiger charge is 2.40. The molecule has 0 bridgehead atoms. The highest BCUT2D eigenvalue weighted by molar-refractivity contribution is 4.87. The van der Waals surface area contributed by atoms with Crippen molar-refractivity contribution in [2.75, 3.05) is 13.2 Å². The van der Waals surface area contributed by atoms with Crippen LogP contribution in [0.25, 0.3) is 0 Å². The third kappa shape index (κ3) is 3.16. The van der Waals surface area contributed by atoms with Crippen LogP contribution in [0, 0.1) is 0 Å². The van der Waals surface area contributed by atoms with Gasteiger partial charge in [0.1, 0.15) is 18.3 Å². The summed E-state index contributed by atoms with van der Waals surface area (Å²) < 4.78 is 0. The van der Waals surface area contributed by atoms with Crippen LogP contribution in [0.4, 0.5) is 0 Å². The standard InChI is InChI=1S/C6H13NO6/c7-6(13,2-9)5(12)4(11)3(10)1-8/h3-5,8-13H,1-2H2/t3-,4+,5-,6-/m0/s1. The van der Waals surface area contributed by atoms with Crippen molar-refractivity contribution in [2.24, 2.45) is 0 Å². The van der Waals surface area contributed by atoms with Crippen molar-refractivity contribution < 1.29 is 30.6 Å². The molecule has 0 aliphatic rings. The maximum Gasteiger partial charge on any atom is 0.200 e. The van der Waals surface area contributed by atoms with Crippen LogP contribution in [0.3, 0.4) is 0 Å². The summed E-state index contributed by atoms with van der Waals surface area (Å²) in [6, 6.07) is 0. The minimum Gasteiger partial charge on any atom is -0.394 e. The Morgan fingerprint density at radius 3 is 1.92 bits per heavy atom. The average Bonchev–Trinajstić information content (AvgIpc) is 2.14. The molecule has 0 amide bonds. The molecular formula is C6H13NO6. The third-order valence-electron chi connectivity index (χ3n) is 1.61. The predicted octanol–water partition coefficient (Wildman–Crippen LogP) is -4.19. The van der Waals surface area contributed by atoms with Crippen LogP contribution in [0.2, 0.25) is 0 Å². The van der Waals surface area contributed by atoms with E-state index >= 15 is 0 Å². The Morgan fingerprint density at radius 1 is 1.15 bits per heavy atom. The molecule has 0 spiro atoms. The van der Waals surface area contributed by atoms with E-state index < -0.39 is 37.3 Å². The fraction of sp³-hybridized carbons (Fsp3) is 1.00. The van der Waals surface area contributed by atoms with E-state index in [1.807, 2.05) is 0 Å². The Kier molecular flexibility index (Phi) is 4.71. The zero-order valence-corrected chi connectivity index (χ0v) is 6.78. The van der Waals surface area contributed by atoms with E-state index in [1.54, 1.807) is 0 Å². The van der Waals surface area contributed by atoms with Gasteiger partial charge in [-0.15, -0.1) is 5.73 Å². The van der Waals surface area contributed by atoms with Crippen LogP contribution in [-0.4, -0.2) is 67.9 Å². The first kappa shape index (κ1) is 12.7. The minimum absolute atomic E-state index is 0.847. The van der Waals surface area contributed by atoms with Crippen molar-refractivity contribution >= 4 is 0 Å². The molecule has 0 aliphatic carbocycles. The highest BCUT2D eigenvalue weighted by Crippen LogP contribution is 2.11. The Morgan fingerprint density at radius 2 is 1.62 bits per heavy atom. The van der Waals surface area contributed by atoms with Gasteiger partial charge in [-0.05, 0) is 0 Å². The molecule has 7 heteroatoms. The average molecular weight is 195 g/mol. The number of hydrogen-bond acceptors (Lipinski definition) is 6. The summed E-state index contributed by atoms with van der Waals surface area (Å²) >= 11 is 0. The Balaban J connectivity index is 4.32. The van der Waals surface area contributed by atoms with Gasteiger partial charge in [0.05, 0.1) is 13.2 Å². The van der Waals surface area contributed by atoms with Gasteiger partial charge in [-0.25, -0.2) is 0 Å². The summed E-state index contributed by atoms with van der Waals surface area (Å²) in [5.41, 5.74) is 5.90. The SMILES string of the molecule is [N][C@](O)(CO)[C@@H](O)[C@H](O)[C@@H](O)CO. The maximum absolute atomic E-state index is 8.97. The molecule has 78 valence electrons. The van der Waals surface area contributed by atoms with Crippen molar-refractivity contribution in [1.82, 2.24) is 5.73 Å². The quantitative estimate of drug-likeness (QED) is 0.262. The Labute approximate surface area is 74.7 Å². The third-order valence-corrected chi connectivity index (χ3v) is 1.61. The van der Waals surface area contributed by atoms with Crippen LogP contribution >= 0.6 is 0 Å². The van der Waals surface area contributed by atoms with Gasteiger partial charge in [0.15, 0.2) is 0 Å². The lowest BCUT2D eigenvalue weighted by molar-refractivity contribution is -0.173. The summed E-state index contributed by atoms with van der Waals surface area (Å²) in [6.45, 7) is -2.05. The first-order valence-electron chi connectivity index (χ1n) is 3.57. The minimum atomic E-state index is -2.91. The number of aliphatic hydroxyl groups is 6. The lowest BCUT2D eigenvalue weighted by atomic mass is 9.99. The zero-order chi connectivity index (χ0) is 10.6. The monoisotopic (exact) mass is 195 g/mol. The molecule has 0 heterocycles. The first-order chi connectivity index (χ1) is 5.86. The van der Waals surface area contributed by atoms with E-state index in [9.17, 15) is 0 Å². The number of hydrogen-bond donors (Lipinski definition) is 6. The number of aliphatic hydroxyl groups excluding tert-OH is 5. The van der Waals surface area contributed by atoms with Gasteiger partial charge < -0.3 is 30.6 Å². The van der Waals surface area contributed by atoms with Crippen molar-refractivity contribution in [3.8, 4) is 0 Å². The van der Waals surface area contributed by atoms with Gasteiger partial charge in [0, 0.05) is 0 Å². The van der Waals surface area contributed by atoms with Gasteiger partial charge in [0.2, 0.25) is 5.72 Å². The topological polar surface area (TPSA) is 144 Å². The second-order valence-corrected chi connectivity index (χ2v) is 2.72. The predicted molar refractivity (Wildman–Crippen MR) is 39.3 cm³/mol. The van der Waals surface area contributed by atoms with Crippen molar-refractivity contribution in [3.63, 3.8) is 0 Å². The lowest BCUT2D eigenvalue weighted by Gasteiger charge is -2.29. The van der Waals surface area contributed by atoms with Crippen molar-refractivity contribution in [1.29, 1.82) is 0 Å². The van der Waals surface area contributed by atoms with Crippen LogP contribution in [0.5, 0.6) is 0 Å². The van der Waals surface area contributed by atoms with E-state index in [4.69, 9.17) is 36.4 Å². The van der Waals surface area contributed by atoms with Gasteiger partial charge in [-0.3, -0.25) is 0 Å². The zero-order valence-electron chi connectivity index (χ0n) is 6.78. The Bertz CT molecular complexity index is 152. The molecule has 0 fully saturated rings. The Hall–Kier alpha value is -0.280. The fourth-order valence-electron chi connectivity index (χ4n) is 0.685. The molecule has 0 unspecified atom stereocenters. The van der Waals surface area contributed by atoms with Crippen molar-refractivity contribution in [3.05, 3.63) is 0 Å². The molecule has 13 heavy (non-hydrogen) atoms. The van der Waals surface area contributed by atoms with E-state index in [2.05, 4.69) is 0 Å². The molecule has 0 aliphatic heterocycles. The summed E-state index contributed by atoms with van der Waals surface area (Å²) in [5.74, 6) is 0. The summed E-state index contributed by atoms with van der Waals surface area (Å²) in [5, 5.41) is 52.2. The smallest absolute Gasteiger partial charge is 0.200 e. The molecule has 0 aromatic rings. The van der Waals surface area contributed by atoms with Crippen LogP contribution < -0.4 is 5.73 Å². The molecular weight excluding hydrogens is 182 g/mol. The number of nitrogens with zero attached hydrogens (tertiary/aromatic N) is 1. The fourth-order valence-corrected chi connectivity index (χ4v) is 0.685. The molecule has 0 aromatic carbocycles. The molecule has 2 radical (unpaired) electrons. The second-order valence-electron chi connectivity index (χ2n) is 2.72. The molecule has 7 nitrogen and oxygen atoms in total. The van der Waals surface area contributed by atoms with E-state index in [0.29, 0.717) is 0 Å². The molecule has 0 aromatic heterocycles. The summed E-state index contributed by atoms with van der Waals surface area (Å²) in [4.78, 5) is 0. The van der Waals surface area contributed by atoms with Gasteiger partial charge >= 0.3 is 0 Å². The van der Waals surface area contributed by atoms with E-state index in [1.165, 1.54) is 0 Å². The van der Waals surface area contributed by atoms with Gasteiger partial charge in [-0.2, -0.15) is 0 Å². The first-order valence-corrected chi connectivity index (χ1v) is 3.57. The summed E-state index contributed by atoms with van der Waals surface area (Å²) in [6.07, 6.45) is -5.83. The normalized spacial score (nSPS) is 23.3. The van der Waals surface area contributed by atoms with Crippen LogP contribution in [-0.2, 0) is 0 Å². The lowest BCUT2D eigenvalue weighted by Crippen LogP contribution is -2.56. The van der Waals surface area contributed by atoms with Crippen LogP contribution in [0.1, 0.15) is 0 Å². The number of rotatable bonds is 5. The van der Waals surface area contributed by atoms with Gasteiger partial charge in [0.25, 0.3) is 0 Å². The highest BCUT2D eigenvalue weighted by atomic mass is 16.4. The van der Waals surface area contributed by atoms with Crippen LogP contribution in [0.15, 0.2) is 0 Å². The molecule has 6 N–H and O–H groups in total. The molecule has 0 saturated carbocycles. The second kappa shape index (κ2) is 4.82. The maximum atomic E-state index is 8.97. The molecule has 0 saturated heterocycles. The van der Waals surface area contributed by atoms with E-state index in [-0.39, 0.29) is 0 Å². The van der Waals surface area contributed by atoms with Gasteiger partial charge in [-0.1, -0.05) is 0 Å². The van der Waals surface area contributed by atoms with E-state index in [0.717, 1.165) is 0 Å². The molecule has 0 rings (SSSR count). The largest absolute Gasteiger partial charge is 0.394 e. The molecule has 4 atom stereocenters. The van der Waals surface area contributed by atoms with Crippen molar-refractivity contribution in [2.45, 2.75) is 24.0 Å². The summed E-state index contributed by atoms with van der Waals surface area (Å²) in [7, 11) is 0.